The Kier molecular flexibility index (Phi) is 7.28. The van der Waals surface area contributed by atoms with Crippen molar-refractivity contribution in [2.75, 3.05) is 5.73 Å². The maximum Gasteiger partial charge on any atom is 0.304 e. The summed E-state index contributed by atoms with van der Waals surface area (Å²) >= 11 is 0. The molecule has 5 N–H and O–H groups in total. The van der Waals surface area contributed by atoms with E-state index in [1.165, 1.54) is 0 Å². The number of carbonyl (C=O) groups is 2. The highest BCUT2D eigenvalue weighted by Gasteiger charge is 2.20. The summed E-state index contributed by atoms with van der Waals surface area (Å²) in [7, 11) is 0. The van der Waals surface area contributed by atoms with Crippen LogP contribution in [0.3, 0.4) is 0 Å². The summed E-state index contributed by atoms with van der Waals surface area (Å²) in [6.07, 6.45) is 0.684. The van der Waals surface area contributed by atoms with E-state index in [0.29, 0.717) is 17.0 Å². The number of aryl methyl sites for hydroxylation is 2. The number of carboxylic acids is 1. The van der Waals surface area contributed by atoms with Crippen molar-refractivity contribution in [1.29, 1.82) is 5.26 Å². The Morgan fingerprint density at radius 3 is 2.58 bits per heavy atom. The average Bonchev–Trinajstić information content (AvgIpc) is 2.95. The van der Waals surface area contributed by atoms with Gasteiger partial charge in [-0.25, -0.2) is 9.97 Å². The Balaban J connectivity index is 0.00000105. The molecule has 1 atom stereocenters. The molecule has 0 radical (unpaired) electrons. The quantitative estimate of drug-likeness (QED) is 0.589. The lowest BCUT2D eigenvalue weighted by atomic mass is 9.97. The van der Waals surface area contributed by atoms with Crippen molar-refractivity contribution in [3.05, 3.63) is 28.8 Å². The van der Waals surface area contributed by atoms with Crippen molar-refractivity contribution in [1.82, 2.24) is 15.0 Å². The summed E-state index contributed by atoms with van der Waals surface area (Å²) in [6.45, 7) is 5.37. The van der Waals surface area contributed by atoms with Crippen molar-refractivity contribution in [3.8, 4) is 17.3 Å². The first-order chi connectivity index (χ1) is 12.3. The predicted octanol–water partition coefficient (Wildman–Crippen LogP) is 2.08. The number of nitrogen functional groups attached to an aromatic ring is 1. The molecule has 2 aromatic heterocycles. The number of anilines is 1. The lowest BCUT2D eigenvalue weighted by Crippen LogP contribution is -2.08. The summed E-state index contributed by atoms with van der Waals surface area (Å²) in [5, 5.41) is 25.2. The summed E-state index contributed by atoms with van der Waals surface area (Å²) < 4.78 is 0. The highest BCUT2D eigenvalue weighted by atomic mass is 16.4. The fourth-order valence-electron chi connectivity index (χ4n) is 2.46. The zero-order chi connectivity index (χ0) is 19.9. The number of nitrogens with two attached hydrogens (primary N) is 1. The summed E-state index contributed by atoms with van der Waals surface area (Å²) in [4.78, 5) is 31.1. The van der Waals surface area contributed by atoms with E-state index in [1.54, 1.807) is 13.0 Å². The molecule has 9 nitrogen and oxygen atoms in total. The first-order valence-corrected chi connectivity index (χ1v) is 7.84. The Morgan fingerprint density at radius 1 is 1.50 bits per heavy atom. The molecule has 138 valence electrons. The van der Waals surface area contributed by atoms with E-state index < -0.39 is 5.97 Å². The molecule has 1 unspecified atom stereocenters. The average molecular weight is 359 g/mol. The fourth-order valence-corrected chi connectivity index (χ4v) is 2.46. The van der Waals surface area contributed by atoms with Crippen molar-refractivity contribution >= 4 is 18.3 Å². The van der Waals surface area contributed by atoms with E-state index in [9.17, 15) is 10.1 Å². The number of carboxylic acid groups (broad SMARTS) is 2. The number of H-pyrrole nitrogens is 1. The van der Waals surface area contributed by atoms with E-state index in [-0.39, 0.29) is 30.2 Å². The van der Waals surface area contributed by atoms with Gasteiger partial charge < -0.3 is 20.9 Å². The highest BCUT2D eigenvalue weighted by Crippen LogP contribution is 2.31. The normalized spacial score (nSPS) is 11.0. The van der Waals surface area contributed by atoms with Gasteiger partial charge in [0.25, 0.3) is 6.47 Å². The molecule has 0 aliphatic carbocycles. The largest absolute Gasteiger partial charge is 0.483 e. The standard InChI is InChI=1S/C16H19N5O2.CH2O2/c1-4-13-19-9(3)15(21-13)10-6-12(8(2)5-14(22)23)20-16(18)11(10)7-17;2-1-3/h6,8H,4-5H2,1-3H3,(H2,18,20)(H,19,21)(H,22,23);1H,(H,2,3). The second-order valence-electron chi connectivity index (χ2n) is 5.58. The van der Waals surface area contributed by atoms with Crippen LogP contribution in [0.1, 0.15) is 49.0 Å². The van der Waals surface area contributed by atoms with Gasteiger partial charge in [-0.05, 0) is 13.0 Å². The summed E-state index contributed by atoms with van der Waals surface area (Å²) in [5.74, 6) is -0.311. The topological polar surface area (TPSA) is 166 Å². The molecule has 0 saturated heterocycles. The van der Waals surface area contributed by atoms with Crippen LogP contribution in [-0.2, 0) is 16.0 Å². The van der Waals surface area contributed by atoms with Crippen LogP contribution in [0.4, 0.5) is 5.82 Å². The van der Waals surface area contributed by atoms with Crippen LogP contribution in [0, 0.1) is 18.3 Å². The van der Waals surface area contributed by atoms with Gasteiger partial charge in [-0.3, -0.25) is 9.59 Å². The van der Waals surface area contributed by atoms with Crippen LogP contribution in [0.2, 0.25) is 0 Å². The minimum atomic E-state index is -0.909. The predicted molar refractivity (Wildman–Crippen MR) is 94.4 cm³/mol. The van der Waals surface area contributed by atoms with Crippen LogP contribution in [-0.4, -0.2) is 37.6 Å². The van der Waals surface area contributed by atoms with Crippen LogP contribution in [0.5, 0.6) is 0 Å². The van der Waals surface area contributed by atoms with Crippen LogP contribution in [0.25, 0.3) is 11.3 Å². The Hall–Kier alpha value is -3.41. The molecule has 0 saturated carbocycles. The number of imidazole rings is 1. The number of aromatic amines is 1. The van der Waals surface area contributed by atoms with Gasteiger partial charge >= 0.3 is 5.97 Å². The third kappa shape index (κ3) is 4.80. The smallest absolute Gasteiger partial charge is 0.304 e. The van der Waals surface area contributed by atoms with Crippen LogP contribution in [0.15, 0.2) is 6.07 Å². The molecule has 26 heavy (non-hydrogen) atoms. The minimum Gasteiger partial charge on any atom is -0.483 e. The van der Waals surface area contributed by atoms with Crippen molar-refractivity contribution in [2.24, 2.45) is 0 Å². The molecule has 2 heterocycles. The number of nitrogens with zero attached hydrogens (tertiary/aromatic N) is 3. The monoisotopic (exact) mass is 359 g/mol. The van der Waals surface area contributed by atoms with Gasteiger partial charge in [0.1, 0.15) is 23.3 Å². The number of hydrogen-bond donors (Lipinski definition) is 4. The van der Waals surface area contributed by atoms with Crippen molar-refractivity contribution < 1.29 is 19.8 Å². The molecule has 0 aliphatic rings. The molecule has 2 aromatic rings. The number of aliphatic carboxylic acids is 1. The fraction of sp³-hybridized carbons (Fsp3) is 0.353. The van der Waals surface area contributed by atoms with Crippen LogP contribution >= 0.6 is 0 Å². The number of nitrogens with one attached hydrogen (secondary N) is 1. The molecule has 9 heteroatoms. The van der Waals surface area contributed by atoms with Gasteiger partial charge in [-0.2, -0.15) is 5.26 Å². The van der Waals surface area contributed by atoms with Gasteiger partial charge in [0, 0.05) is 29.3 Å². The van der Waals surface area contributed by atoms with Crippen molar-refractivity contribution in [3.63, 3.8) is 0 Å². The van der Waals surface area contributed by atoms with Gasteiger partial charge in [-0.15, -0.1) is 0 Å². The van der Waals surface area contributed by atoms with E-state index in [1.807, 2.05) is 13.8 Å². The SMILES string of the molecule is CCc1nc(-c2cc(C(C)CC(=O)O)nc(N)c2C#N)c(C)[nH]1.O=CO. The zero-order valence-corrected chi connectivity index (χ0v) is 14.8. The third-order valence-electron chi connectivity index (χ3n) is 3.69. The summed E-state index contributed by atoms with van der Waals surface area (Å²) in [5.41, 5.74) is 8.78. The van der Waals surface area contributed by atoms with E-state index in [4.69, 9.17) is 20.7 Å². The molecule has 0 aromatic carbocycles. The van der Waals surface area contributed by atoms with Gasteiger partial charge in [0.05, 0.1) is 12.1 Å². The molecule has 0 amide bonds. The molecular formula is C17H21N5O4. The van der Waals surface area contributed by atoms with Crippen molar-refractivity contribution in [2.45, 2.75) is 39.5 Å². The second-order valence-corrected chi connectivity index (χ2v) is 5.58. The highest BCUT2D eigenvalue weighted by molar-refractivity contribution is 5.75. The number of hydrogen-bond acceptors (Lipinski definition) is 6. The minimum absolute atomic E-state index is 0.0580. The number of pyridine rings is 1. The zero-order valence-electron chi connectivity index (χ0n) is 14.8. The molecule has 0 fully saturated rings. The molecule has 0 spiro atoms. The van der Waals surface area contributed by atoms with Gasteiger partial charge in [-0.1, -0.05) is 13.8 Å². The van der Waals surface area contributed by atoms with Gasteiger partial charge in [0.15, 0.2) is 0 Å². The molecular weight excluding hydrogens is 338 g/mol. The van der Waals surface area contributed by atoms with E-state index in [2.05, 4.69) is 21.0 Å². The van der Waals surface area contributed by atoms with Crippen LogP contribution < -0.4 is 5.73 Å². The van der Waals surface area contributed by atoms with Gasteiger partial charge in [0.2, 0.25) is 0 Å². The third-order valence-corrected chi connectivity index (χ3v) is 3.69. The van der Waals surface area contributed by atoms with E-state index in [0.717, 1.165) is 17.9 Å². The molecule has 0 aliphatic heterocycles. The molecule has 2 rings (SSSR count). The van der Waals surface area contributed by atoms with E-state index >= 15 is 0 Å². The second kappa shape index (κ2) is 9.17. The maximum atomic E-state index is 10.9. The number of aromatic nitrogens is 3. The number of nitriles is 1. The Bertz CT molecular complexity index is 838. The Morgan fingerprint density at radius 2 is 2.12 bits per heavy atom. The summed E-state index contributed by atoms with van der Waals surface area (Å²) in [6, 6.07) is 3.78. The maximum absolute atomic E-state index is 10.9. The first-order valence-electron chi connectivity index (χ1n) is 7.84. The lowest BCUT2D eigenvalue weighted by Gasteiger charge is -2.13. The lowest BCUT2D eigenvalue weighted by molar-refractivity contribution is -0.137. The number of rotatable bonds is 5. The molecule has 0 bridgehead atoms. The first kappa shape index (κ1) is 20.6. The Labute approximate surface area is 150 Å².